The van der Waals surface area contributed by atoms with Gasteiger partial charge in [0.15, 0.2) is 6.04 Å². The average molecular weight is 396 g/mol. The lowest BCUT2D eigenvalue weighted by atomic mass is 9.99. The Kier molecular flexibility index (Phi) is 6.53. The molecular formula is C23H21Cl2N2+. The van der Waals surface area contributed by atoms with Crippen LogP contribution in [0.4, 0.5) is 0 Å². The summed E-state index contributed by atoms with van der Waals surface area (Å²) in [5, 5.41) is 9.68. The Morgan fingerprint density at radius 1 is 0.741 bits per heavy atom. The fraction of sp³-hybridized carbons (Fsp3) is 0.174. The Morgan fingerprint density at radius 3 is 1.56 bits per heavy atom. The number of nitrogens with zero attached hydrogens (tertiary/aromatic N) is 1. The molecule has 0 bridgehead atoms. The molecule has 0 unspecified atom stereocenters. The molecule has 0 aliphatic rings. The van der Waals surface area contributed by atoms with Crippen molar-refractivity contribution in [1.29, 1.82) is 5.26 Å². The van der Waals surface area contributed by atoms with Crippen molar-refractivity contribution in [3.8, 4) is 6.07 Å². The molecule has 1 atom stereocenters. The Morgan fingerprint density at radius 2 is 1.15 bits per heavy atom. The Labute approximate surface area is 170 Å². The molecule has 0 aliphatic heterocycles. The second-order valence-corrected chi connectivity index (χ2v) is 7.95. The molecule has 0 saturated heterocycles. The van der Waals surface area contributed by atoms with E-state index in [0.717, 1.165) is 10.5 Å². The van der Waals surface area contributed by atoms with Gasteiger partial charge < -0.3 is 4.90 Å². The molecule has 0 spiro atoms. The third-order valence-electron chi connectivity index (χ3n) is 4.60. The summed E-state index contributed by atoms with van der Waals surface area (Å²) in [6.45, 7) is 1.41. The van der Waals surface area contributed by atoms with Gasteiger partial charge in [0.05, 0.1) is 0 Å². The van der Waals surface area contributed by atoms with Crippen LogP contribution in [0.1, 0.15) is 22.7 Å². The third kappa shape index (κ3) is 5.11. The van der Waals surface area contributed by atoms with Gasteiger partial charge in [-0.25, -0.2) is 0 Å². The van der Waals surface area contributed by atoms with Gasteiger partial charge in [-0.2, -0.15) is 5.26 Å². The number of nitriles is 1. The summed E-state index contributed by atoms with van der Waals surface area (Å²) >= 11 is 13.1. The van der Waals surface area contributed by atoms with Gasteiger partial charge in [0.25, 0.3) is 4.33 Å². The minimum atomic E-state index is -1.54. The van der Waals surface area contributed by atoms with Gasteiger partial charge in [0.1, 0.15) is 19.2 Å². The molecule has 0 aliphatic carbocycles. The van der Waals surface area contributed by atoms with Crippen molar-refractivity contribution >= 4 is 23.2 Å². The van der Waals surface area contributed by atoms with Crippen LogP contribution in [0.15, 0.2) is 91.0 Å². The Bertz CT molecular complexity index is 833. The van der Waals surface area contributed by atoms with E-state index < -0.39 is 10.4 Å². The third-order valence-corrected chi connectivity index (χ3v) is 5.21. The highest BCUT2D eigenvalue weighted by atomic mass is 35.5. The molecule has 0 aromatic heterocycles. The molecule has 0 radical (unpaired) electrons. The molecule has 3 aromatic rings. The molecule has 0 amide bonds. The van der Waals surface area contributed by atoms with E-state index in [0.29, 0.717) is 13.1 Å². The maximum atomic E-state index is 9.68. The summed E-state index contributed by atoms with van der Waals surface area (Å²) in [7, 11) is 0. The molecule has 0 heterocycles. The van der Waals surface area contributed by atoms with E-state index in [1.165, 1.54) is 11.1 Å². The summed E-state index contributed by atoms with van der Waals surface area (Å²) in [6.07, 6.45) is 0. The predicted molar refractivity (Wildman–Crippen MR) is 110 cm³/mol. The van der Waals surface area contributed by atoms with E-state index >= 15 is 0 Å². The summed E-state index contributed by atoms with van der Waals surface area (Å²) in [5.74, 6) is 0. The number of rotatable bonds is 7. The maximum Gasteiger partial charge on any atom is 0.258 e. The first-order chi connectivity index (χ1) is 13.1. The van der Waals surface area contributed by atoms with E-state index in [1.807, 2.05) is 66.7 Å². The van der Waals surface area contributed by atoms with Crippen molar-refractivity contribution in [1.82, 2.24) is 0 Å². The predicted octanol–water partition coefficient (Wildman–Crippen LogP) is 4.71. The number of halogens is 2. The lowest BCUT2D eigenvalue weighted by Crippen LogP contribution is -3.11. The number of benzene rings is 3. The Hall–Kier alpha value is -2.31. The van der Waals surface area contributed by atoms with Crippen LogP contribution < -0.4 is 4.90 Å². The minimum absolute atomic E-state index is 0.396. The minimum Gasteiger partial charge on any atom is -0.318 e. The van der Waals surface area contributed by atoms with Crippen LogP contribution >= 0.6 is 23.2 Å². The quantitative estimate of drug-likeness (QED) is 0.576. The second-order valence-electron chi connectivity index (χ2n) is 6.56. The molecule has 0 saturated carbocycles. The van der Waals surface area contributed by atoms with Crippen LogP contribution in [0.2, 0.25) is 0 Å². The highest BCUT2D eigenvalue weighted by Gasteiger charge is 2.44. The van der Waals surface area contributed by atoms with Gasteiger partial charge in [-0.1, -0.05) is 114 Å². The van der Waals surface area contributed by atoms with Gasteiger partial charge in [-0.3, -0.25) is 0 Å². The highest BCUT2D eigenvalue weighted by molar-refractivity contribution is 6.50. The van der Waals surface area contributed by atoms with Gasteiger partial charge >= 0.3 is 0 Å². The van der Waals surface area contributed by atoms with Crippen molar-refractivity contribution in [2.24, 2.45) is 0 Å². The molecule has 0 fully saturated rings. The van der Waals surface area contributed by atoms with Gasteiger partial charge in [-0.05, 0) is 0 Å². The van der Waals surface area contributed by atoms with Gasteiger partial charge in [0.2, 0.25) is 0 Å². The van der Waals surface area contributed by atoms with Crippen LogP contribution in [0, 0.1) is 11.3 Å². The first-order valence-corrected chi connectivity index (χ1v) is 9.62. The summed E-state index contributed by atoms with van der Waals surface area (Å²) < 4.78 is -1.54. The average Bonchev–Trinajstić information content (AvgIpc) is 2.70. The summed E-state index contributed by atoms with van der Waals surface area (Å²) in [5.41, 5.74) is 3.30. The fourth-order valence-corrected chi connectivity index (χ4v) is 3.95. The summed E-state index contributed by atoms with van der Waals surface area (Å²) in [6, 6.07) is 31.9. The zero-order chi connectivity index (χ0) is 19.1. The SMILES string of the molecule is N#CC(Cl)(Cl)[C@H](c1ccccc1)[NH+](Cc1ccccc1)Cc1ccccc1. The van der Waals surface area contributed by atoms with Crippen molar-refractivity contribution in [3.63, 3.8) is 0 Å². The molecule has 27 heavy (non-hydrogen) atoms. The molecule has 136 valence electrons. The number of alkyl halides is 2. The molecular weight excluding hydrogens is 375 g/mol. The zero-order valence-electron chi connectivity index (χ0n) is 14.9. The van der Waals surface area contributed by atoms with Crippen molar-refractivity contribution < 1.29 is 4.90 Å². The largest absolute Gasteiger partial charge is 0.318 e. The molecule has 1 N–H and O–H groups in total. The zero-order valence-corrected chi connectivity index (χ0v) is 16.4. The number of hydrogen-bond acceptors (Lipinski definition) is 1. The van der Waals surface area contributed by atoms with Crippen molar-refractivity contribution in [2.75, 3.05) is 0 Å². The first kappa shape index (κ1) is 19.5. The maximum absolute atomic E-state index is 9.68. The fourth-order valence-electron chi connectivity index (χ4n) is 3.39. The number of hydrogen-bond donors (Lipinski definition) is 1. The summed E-state index contributed by atoms with van der Waals surface area (Å²) in [4.78, 5) is 1.12. The standard InChI is InChI=1S/C23H20Cl2N2/c24-23(25,18-26)22(21-14-8-3-9-15-21)27(16-19-10-4-1-5-11-19)17-20-12-6-2-7-13-20/h1-15,22H,16-17H2/p+1/t22-/m0/s1. The van der Waals surface area contributed by atoms with Crippen molar-refractivity contribution in [2.45, 2.75) is 23.5 Å². The lowest BCUT2D eigenvalue weighted by Gasteiger charge is -2.33. The van der Waals surface area contributed by atoms with Crippen LogP contribution in [0.25, 0.3) is 0 Å². The first-order valence-electron chi connectivity index (χ1n) is 8.86. The van der Waals surface area contributed by atoms with E-state index in [-0.39, 0.29) is 0 Å². The molecule has 3 rings (SSSR count). The molecule has 2 nitrogen and oxygen atoms in total. The lowest BCUT2D eigenvalue weighted by molar-refractivity contribution is -0.958. The van der Waals surface area contributed by atoms with E-state index in [4.69, 9.17) is 23.2 Å². The molecule has 3 aromatic carbocycles. The van der Waals surface area contributed by atoms with Crippen LogP contribution in [0.3, 0.4) is 0 Å². The highest BCUT2D eigenvalue weighted by Crippen LogP contribution is 2.33. The number of nitrogens with one attached hydrogen (secondary N) is 1. The van der Waals surface area contributed by atoms with E-state index in [1.54, 1.807) is 0 Å². The number of quaternary nitrogens is 1. The monoisotopic (exact) mass is 395 g/mol. The second kappa shape index (κ2) is 9.06. The topological polar surface area (TPSA) is 28.2 Å². The van der Waals surface area contributed by atoms with Crippen LogP contribution in [-0.4, -0.2) is 4.33 Å². The van der Waals surface area contributed by atoms with Crippen LogP contribution in [-0.2, 0) is 13.1 Å². The van der Waals surface area contributed by atoms with Crippen molar-refractivity contribution in [3.05, 3.63) is 108 Å². The van der Waals surface area contributed by atoms with Crippen LogP contribution in [0.5, 0.6) is 0 Å². The smallest absolute Gasteiger partial charge is 0.258 e. The molecule has 4 heteroatoms. The normalized spacial score (nSPS) is 12.5. The van der Waals surface area contributed by atoms with Gasteiger partial charge in [-0.15, -0.1) is 0 Å². The van der Waals surface area contributed by atoms with E-state index in [9.17, 15) is 5.26 Å². The Balaban J connectivity index is 2.03. The van der Waals surface area contributed by atoms with Gasteiger partial charge in [0, 0.05) is 16.7 Å². The van der Waals surface area contributed by atoms with E-state index in [2.05, 4.69) is 30.3 Å².